The summed E-state index contributed by atoms with van der Waals surface area (Å²) in [6.07, 6.45) is -11.5. The SMILES string of the molecule is O=C(O)CNCC(O)CS(=O)(=O)CCC(F)(F)C(F)(F)C(F)(F)C(F)(F)F. The van der Waals surface area contributed by atoms with Crippen LogP contribution in [0.25, 0.3) is 0 Å². The van der Waals surface area contributed by atoms with Crippen LogP contribution >= 0.6 is 0 Å². The number of hydrogen-bond acceptors (Lipinski definition) is 5. The Kier molecular flexibility index (Phi) is 7.98. The molecule has 0 amide bonds. The molecule has 0 rings (SSSR count). The standard InChI is InChI=1S/C11H14F9NO5S/c12-8(13,9(14,15)10(16,17)11(18,19)20)1-2-27(25,26)5-6(22)3-21-4-7(23)24/h6,21-22H,1-5H2,(H,23,24). The Labute approximate surface area is 146 Å². The first-order valence-electron chi connectivity index (χ1n) is 6.78. The molecule has 0 aliphatic carbocycles. The number of carbonyl (C=O) groups is 1. The minimum absolute atomic E-state index is 0.662. The van der Waals surface area contributed by atoms with Gasteiger partial charge in [-0.2, -0.15) is 39.5 Å². The van der Waals surface area contributed by atoms with Crippen LogP contribution in [0.1, 0.15) is 6.42 Å². The molecule has 162 valence electrons. The second kappa shape index (κ2) is 8.38. The van der Waals surface area contributed by atoms with E-state index in [1.165, 1.54) is 0 Å². The monoisotopic (exact) mass is 443 g/mol. The van der Waals surface area contributed by atoms with Crippen molar-refractivity contribution >= 4 is 15.8 Å². The number of alkyl halides is 9. The van der Waals surface area contributed by atoms with Gasteiger partial charge in [0.15, 0.2) is 9.84 Å². The van der Waals surface area contributed by atoms with Crippen LogP contribution in [0, 0.1) is 0 Å². The van der Waals surface area contributed by atoms with Gasteiger partial charge in [0.1, 0.15) is 0 Å². The number of aliphatic hydroxyl groups excluding tert-OH is 1. The third kappa shape index (κ3) is 6.67. The Morgan fingerprint density at radius 2 is 1.44 bits per heavy atom. The van der Waals surface area contributed by atoms with Gasteiger partial charge < -0.3 is 15.5 Å². The molecule has 0 spiro atoms. The van der Waals surface area contributed by atoms with E-state index in [0.29, 0.717) is 0 Å². The zero-order chi connectivity index (χ0) is 21.9. The van der Waals surface area contributed by atoms with Crippen LogP contribution in [-0.2, 0) is 14.6 Å². The Balaban J connectivity index is 5.03. The molecule has 0 aliphatic heterocycles. The fourth-order valence-corrected chi connectivity index (χ4v) is 3.07. The number of carboxylic acid groups (broad SMARTS) is 1. The average Bonchev–Trinajstić information content (AvgIpc) is 2.42. The predicted octanol–water partition coefficient (Wildman–Crippen LogP) is 1.29. The van der Waals surface area contributed by atoms with E-state index in [9.17, 15) is 57.8 Å². The highest BCUT2D eigenvalue weighted by Crippen LogP contribution is 2.54. The van der Waals surface area contributed by atoms with Crippen LogP contribution in [0.5, 0.6) is 0 Å². The average molecular weight is 443 g/mol. The summed E-state index contributed by atoms with van der Waals surface area (Å²) in [6, 6.07) is 0. The number of carboxylic acids is 1. The molecule has 0 bridgehead atoms. The van der Waals surface area contributed by atoms with Crippen LogP contribution in [0.4, 0.5) is 39.5 Å². The second-order valence-corrected chi connectivity index (χ2v) is 7.62. The van der Waals surface area contributed by atoms with Gasteiger partial charge in [0, 0.05) is 13.0 Å². The Morgan fingerprint density at radius 3 is 1.85 bits per heavy atom. The van der Waals surface area contributed by atoms with E-state index in [0.717, 1.165) is 0 Å². The number of halogens is 9. The highest BCUT2D eigenvalue weighted by Gasteiger charge is 2.81. The van der Waals surface area contributed by atoms with Gasteiger partial charge >= 0.3 is 29.9 Å². The minimum atomic E-state index is -7.12. The van der Waals surface area contributed by atoms with E-state index in [1.54, 1.807) is 0 Å². The summed E-state index contributed by atoms with van der Waals surface area (Å²) in [5.74, 6) is -24.7. The summed E-state index contributed by atoms with van der Waals surface area (Å²) in [5, 5.41) is 19.6. The molecule has 27 heavy (non-hydrogen) atoms. The quantitative estimate of drug-likeness (QED) is 0.416. The zero-order valence-corrected chi connectivity index (χ0v) is 13.9. The lowest BCUT2D eigenvalue weighted by atomic mass is 10.0. The fraction of sp³-hybridized carbons (Fsp3) is 0.909. The molecule has 1 atom stereocenters. The highest BCUT2D eigenvalue weighted by atomic mass is 32.2. The first-order valence-corrected chi connectivity index (χ1v) is 8.60. The van der Waals surface area contributed by atoms with E-state index < -0.39 is 76.9 Å². The summed E-state index contributed by atoms with van der Waals surface area (Å²) in [4.78, 5) is 10.2. The molecule has 0 aromatic heterocycles. The largest absolute Gasteiger partial charge is 0.480 e. The maximum absolute atomic E-state index is 13.3. The Morgan fingerprint density at radius 1 is 0.963 bits per heavy atom. The van der Waals surface area contributed by atoms with Crippen LogP contribution in [0.15, 0.2) is 0 Å². The van der Waals surface area contributed by atoms with Crippen LogP contribution < -0.4 is 5.32 Å². The van der Waals surface area contributed by atoms with E-state index >= 15 is 0 Å². The van der Waals surface area contributed by atoms with Crippen LogP contribution in [0.3, 0.4) is 0 Å². The predicted molar refractivity (Wildman–Crippen MR) is 70.7 cm³/mol. The number of sulfone groups is 1. The van der Waals surface area contributed by atoms with Crippen molar-refractivity contribution in [3.63, 3.8) is 0 Å². The van der Waals surface area contributed by atoms with Gasteiger partial charge in [-0.1, -0.05) is 0 Å². The van der Waals surface area contributed by atoms with E-state index in [-0.39, 0.29) is 0 Å². The van der Waals surface area contributed by atoms with Crippen molar-refractivity contribution < 1.29 is 62.9 Å². The van der Waals surface area contributed by atoms with Crippen molar-refractivity contribution in [1.29, 1.82) is 0 Å². The van der Waals surface area contributed by atoms with Crippen molar-refractivity contribution in [2.45, 2.75) is 36.5 Å². The molecule has 0 saturated heterocycles. The lowest BCUT2D eigenvalue weighted by Gasteiger charge is -2.33. The number of aliphatic hydroxyl groups is 1. The normalized spacial score (nSPS) is 15.6. The topological polar surface area (TPSA) is 104 Å². The van der Waals surface area contributed by atoms with E-state index in [1.807, 2.05) is 5.32 Å². The molecular weight excluding hydrogens is 429 g/mol. The maximum Gasteiger partial charge on any atom is 0.460 e. The van der Waals surface area contributed by atoms with Gasteiger partial charge in [0.25, 0.3) is 0 Å². The summed E-state index contributed by atoms with van der Waals surface area (Å²) in [5.41, 5.74) is 0. The molecule has 0 aromatic carbocycles. The third-order valence-electron chi connectivity index (χ3n) is 3.04. The molecule has 0 aliphatic rings. The summed E-state index contributed by atoms with van der Waals surface area (Å²) < 4.78 is 137. The first kappa shape index (κ1) is 25.7. The van der Waals surface area contributed by atoms with E-state index in [4.69, 9.17) is 5.11 Å². The smallest absolute Gasteiger partial charge is 0.460 e. The summed E-state index contributed by atoms with van der Waals surface area (Å²) in [6.45, 7) is -1.38. The Hall–Kier alpha value is -1.29. The lowest BCUT2D eigenvalue weighted by Crippen LogP contribution is -2.61. The molecule has 3 N–H and O–H groups in total. The molecule has 0 heterocycles. The maximum atomic E-state index is 13.3. The third-order valence-corrected chi connectivity index (χ3v) is 4.76. The number of rotatable bonds is 11. The van der Waals surface area contributed by atoms with Gasteiger partial charge in [-0.05, 0) is 0 Å². The van der Waals surface area contributed by atoms with Crippen LogP contribution in [0.2, 0.25) is 0 Å². The molecule has 0 saturated carbocycles. The summed E-state index contributed by atoms with van der Waals surface area (Å²) >= 11 is 0. The minimum Gasteiger partial charge on any atom is -0.480 e. The number of aliphatic carboxylic acids is 1. The first-order chi connectivity index (χ1) is 11.8. The van der Waals surface area contributed by atoms with Gasteiger partial charge in [0.05, 0.1) is 24.2 Å². The molecule has 0 aromatic rings. The van der Waals surface area contributed by atoms with Gasteiger partial charge in [-0.25, -0.2) is 8.42 Å². The molecule has 0 radical (unpaired) electrons. The summed E-state index contributed by atoms with van der Waals surface area (Å²) in [7, 11) is -4.78. The van der Waals surface area contributed by atoms with Gasteiger partial charge in [0.2, 0.25) is 0 Å². The second-order valence-electron chi connectivity index (χ2n) is 5.39. The fourth-order valence-electron chi connectivity index (χ4n) is 1.63. The van der Waals surface area contributed by atoms with Crippen molar-refractivity contribution in [2.75, 3.05) is 24.6 Å². The number of nitrogens with one attached hydrogen (secondary N) is 1. The molecule has 6 nitrogen and oxygen atoms in total. The van der Waals surface area contributed by atoms with E-state index in [2.05, 4.69) is 0 Å². The van der Waals surface area contributed by atoms with Crippen molar-refractivity contribution in [3.8, 4) is 0 Å². The van der Waals surface area contributed by atoms with Crippen LogP contribution in [-0.4, -0.2) is 79.2 Å². The van der Waals surface area contributed by atoms with Gasteiger partial charge in [-0.3, -0.25) is 4.79 Å². The van der Waals surface area contributed by atoms with Crippen molar-refractivity contribution in [1.82, 2.24) is 5.32 Å². The lowest BCUT2D eigenvalue weighted by molar-refractivity contribution is -0.396. The molecule has 1 unspecified atom stereocenters. The van der Waals surface area contributed by atoms with Crippen molar-refractivity contribution in [2.24, 2.45) is 0 Å². The van der Waals surface area contributed by atoms with Gasteiger partial charge in [-0.15, -0.1) is 0 Å². The Bertz CT molecular complexity index is 620. The molecule has 0 fully saturated rings. The molecular formula is C11H14F9NO5S. The highest BCUT2D eigenvalue weighted by molar-refractivity contribution is 7.91. The molecule has 16 heteroatoms. The number of hydrogen-bond donors (Lipinski definition) is 3. The zero-order valence-electron chi connectivity index (χ0n) is 13.0. The van der Waals surface area contributed by atoms with Crippen molar-refractivity contribution in [3.05, 3.63) is 0 Å².